The SMILES string of the molecule is CC(C)(C)S(=O)(=O)CCNCC(=O)N1CCCCC1. The lowest BCUT2D eigenvalue weighted by molar-refractivity contribution is -0.131. The lowest BCUT2D eigenvalue weighted by Crippen LogP contribution is -2.42. The molecular formula is C13H26N2O3S. The van der Waals surface area contributed by atoms with Crippen LogP contribution < -0.4 is 5.32 Å². The van der Waals surface area contributed by atoms with Gasteiger partial charge >= 0.3 is 0 Å². The normalized spacial score (nSPS) is 17.5. The van der Waals surface area contributed by atoms with Crippen LogP contribution in [0.4, 0.5) is 0 Å². The molecule has 0 aromatic carbocycles. The average molecular weight is 290 g/mol. The monoisotopic (exact) mass is 290 g/mol. The molecule has 0 atom stereocenters. The van der Waals surface area contributed by atoms with E-state index in [1.165, 1.54) is 6.42 Å². The second-order valence-electron chi connectivity index (χ2n) is 6.05. The Morgan fingerprint density at radius 1 is 1.16 bits per heavy atom. The second-order valence-corrected chi connectivity index (χ2v) is 8.91. The largest absolute Gasteiger partial charge is 0.342 e. The van der Waals surface area contributed by atoms with Gasteiger partial charge in [-0.25, -0.2) is 8.42 Å². The first-order valence-corrected chi connectivity index (χ1v) is 8.60. The molecule has 1 rings (SSSR count). The Kier molecular flexibility index (Phi) is 5.80. The Balaban J connectivity index is 2.25. The van der Waals surface area contributed by atoms with Gasteiger partial charge in [0.1, 0.15) is 0 Å². The predicted octanol–water partition coefficient (Wildman–Crippen LogP) is 0.802. The summed E-state index contributed by atoms with van der Waals surface area (Å²) in [6, 6.07) is 0. The number of hydrogen-bond donors (Lipinski definition) is 1. The van der Waals surface area contributed by atoms with Gasteiger partial charge in [-0.2, -0.15) is 0 Å². The number of nitrogens with one attached hydrogen (secondary N) is 1. The fourth-order valence-electron chi connectivity index (χ4n) is 1.96. The number of amides is 1. The summed E-state index contributed by atoms with van der Waals surface area (Å²) < 4.78 is 23.0. The number of hydrogen-bond acceptors (Lipinski definition) is 4. The van der Waals surface area contributed by atoms with Crippen molar-refractivity contribution in [3.8, 4) is 0 Å². The molecule has 0 aromatic heterocycles. The molecule has 1 aliphatic heterocycles. The minimum absolute atomic E-state index is 0.0732. The van der Waals surface area contributed by atoms with Crippen LogP contribution in [0.15, 0.2) is 0 Å². The van der Waals surface area contributed by atoms with Gasteiger partial charge < -0.3 is 10.2 Å². The Morgan fingerprint density at radius 2 is 1.74 bits per heavy atom. The zero-order chi connectivity index (χ0) is 14.5. The first kappa shape index (κ1) is 16.4. The van der Waals surface area contributed by atoms with Crippen molar-refractivity contribution in [2.24, 2.45) is 0 Å². The van der Waals surface area contributed by atoms with Crippen molar-refractivity contribution in [3.63, 3.8) is 0 Å². The molecule has 19 heavy (non-hydrogen) atoms. The molecule has 0 unspecified atom stereocenters. The van der Waals surface area contributed by atoms with Gasteiger partial charge in [-0.05, 0) is 40.0 Å². The molecule has 0 aliphatic carbocycles. The van der Waals surface area contributed by atoms with Gasteiger partial charge in [0.15, 0.2) is 9.84 Å². The maximum absolute atomic E-state index is 11.9. The number of rotatable bonds is 5. The number of likely N-dealkylation sites (tertiary alicyclic amines) is 1. The topological polar surface area (TPSA) is 66.5 Å². The Labute approximate surface area is 116 Å². The van der Waals surface area contributed by atoms with Crippen LogP contribution >= 0.6 is 0 Å². The third kappa shape index (κ3) is 5.10. The van der Waals surface area contributed by atoms with Crippen LogP contribution in [-0.4, -0.2) is 55.9 Å². The molecule has 1 aliphatic rings. The summed E-state index contributed by atoms with van der Waals surface area (Å²) in [4.78, 5) is 13.7. The molecule has 0 saturated carbocycles. The van der Waals surface area contributed by atoms with Gasteiger partial charge in [-0.3, -0.25) is 4.79 Å². The van der Waals surface area contributed by atoms with Gasteiger partial charge in [-0.15, -0.1) is 0 Å². The first-order valence-electron chi connectivity index (χ1n) is 6.95. The minimum Gasteiger partial charge on any atom is -0.342 e. The van der Waals surface area contributed by atoms with Crippen molar-refractivity contribution in [2.45, 2.75) is 44.8 Å². The van der Waals surface area contributed by atoms with Gasteiger partial charge in [0.25, 0.3) is 0 Å². The molecule has 1 saturated heterocycles. The fourth-order valence-corrected chi connectivity index (χ4v) is 2.99. The summed E-state index contributed by atoms with van der Waals surface area (Å²) in [6.45, 7) is 7.32. The smallest absolute Gasteiger partial charge is 0.236 e. The Hall–Kier alpha value is -0.620. The highest BCUT2D eigenvalue weighted by molar-refractivity contribution is 7.92. The van der Waals surface area contributed by atoms with Gasteiger partial charge in [0.2, 0.25) is 5.91 Å². The fraction of sp³-hybridized carbons (Fsp3) is 0.923. The van der Waals surface area contributed by atoms with Gasteiger partial charge in [0, 0.05) is 19.6 Å². The summed E-state index contributed by atoms with van der Waals surface area (Å²) in [6.07, 6.45) is 3.34. The summed E-state index contributed by atoms with van der Waals surface area (Å²) in [5, 5.41) is 2.94. The summed E-state index contributed by atoms with van der Waals surface area (Å²) in [5.74, 6) is 0.150. The standard InChI is InChI=1S/C13H26N2O3S/c1-13(2,3)19(17,18)10-7-14-11-12(16)15-8-5-4-6-9-15/h14H,4-11H2,1-3H3. The maximum Gasteiger partial charge on any atom is 0.236 e. The number of sulfone groups is 1. The Bertz CT molecular complexity index is 393. The van der Waals surface area contributed by atoms with Crippen molar-refractivity contribution in [3.05, 3.63) is 0 Å². The van der Waals surface area contributed by atoms with Gasteiger partial charge in [0.05, 0.1) is 17.0 Å². The molecule has 0 spiro atoms. The average Bonchev–Trinajstić information content (AvgIpc) is 2.34. The molecule has 1 amide bonds. The molecule has 1 N–H and O–H groups in total. The molecule has 1 heterocycles. The zero-order valence-electron chi connectivity index (χ0n) is 12.2. The lowest BCUT2D eigenvalue weighted by Gasteiger charge is -2.27. The molecule has 0 radical (unpaired) electrons. The third-order valence-electron chi connectivity index (χ3n) is 3.47. The number of carbonyl (C=O) groups excluding carboxylic acids is 1. The van der Waals surface area contributed by atoms with E-state index >= 15 is 0 Å². The first-order chi connectivity index (χ1) is 8.74. The van der Waals surface area contributed by atoms with Crippen molar-refractivity contribution < 1.29 is 13.2 Å². The summed E-state index contributed by atoms with van der Waals surface area (Å²) in [5.41, 5.74) is 0. The number of nitrogens with zero attached hydrogens (tertiary/aromatic N) is 1. The van der Waals surface area contributed by atoms with Crippen molar-refractivity contribution >= 4 is 15.7 Å². The van der Waals surface area contributed by atoms with Crippen molar-refractivity contribution in [1.29, 1.82) is 0 Å². The van der Waals surface area contributed by atoms with Crippen LogP contribution in [0.25, 0.3) is 0 Å². The van der Waals surface area contributed by atoms with Crippen LogP contribution in [-0.2, 0) is 14.6 Å². The number of piperidine rings is 1. The highest BCUT2D eigenvalue weighted by atomic mass is 32.2. The van der Waals surface area contributed by atoms with Crippen LogP contribution in [0.5, 0.6) is 0 Å². The lowest BCUT2D eigenvalue weighted by atomic mass is 10.1. The summed E-state index contributed by atoms with van der Waals surface area (Å²) in [7, 11) is -3.11. The second kappa shape index (κ2) is 6.70. The molecule has 5 nitrogen and oxygen atoms in total. The number of carbonyl (C=O) groups is 1. The van der Waals surface area contributed by atoms with Crippen LogP contribution in [0.3, 0.4) is 0 Å². The van der Waals surface area contributed by atoms with Crippen LogP contribution in [0, 0.1) is 0 Å². The molecule has 112 valence electrons. The minimum atomic E-state index is -3.11. The van der Waals surface area contributed by atoms with Crippen molar-refractivity contribution in [2.75, 3.05) is 31.9 Å². The van der Waals surface area contributed by atoms with E-state index in [1.54, 1.807) is 20.8 Å². The van der Waals surface area contributed by atoms with Crippen molar-refractivity contribution in [1.82, 2.24) is 10.2 Å². The highest BCUT2D eigenvalue weighted by Crippen LogP contribution is 2.15. The third-order valence-corrected chi connectivity index (χ3v) is 6.07. The molecule has 6 heteroatoms. The molecular weight excluding hydrogens is 264 g/mol. The quantitative estimate of drug-likeness (QED) is 0.761. The van der Waals surface area contributed by atoms with E-state index in [4.69, 9.17) is 0 Å². The van der Waals surface area contributed by atoms with E-state index in [0.29, 0.717) is 6.54 Å². The van der Waals surface area contributed by atoms with Crippen LogP contribution in [0.2, 0.25) is 0 Å². The van der Waals surface area contributed by atoms with Crippen LogP contribution in [0.1, 0.15) is 40.0 Å². The van der Waals surface area contributed by atoms with E-state index in [9.17, 15) is 13.2 Å². The van der Waals surface area contributed by atoms with Gasteiger partial charge in [-0.1, -0.05) is 0 Å². The van der Waals surface area contributed by atoms with E-state index in [0.717, 1.165) is 25.9 Å². The summed E-state index contributed by atoms with van der Waals surface area (Å²) >= 11 is 0. The molecule has 1 fully saturated rings. The highest BCUT2D eigenvalue weighted by Gasteiger charge is 2.28. The molecule has 0 aromatic rings. The zero-order valence-corrected chi connectivity index (χ0v) is 13.1. The predicted molar refractivity (Wildman–Crippen MR) is 76.8 cm³/mol. The van der Waals surface area contributed by atoms with E-state index in [1.807, 2.05) is 4.90 Å². The van der Waals surface area contributed by atoms with E-state index in [2.05, 4.69) is 5.32 Å². The molecule has 0 bridgehead atoms. The Morgan fingerprint density at radius 3 is 2.26 bits per heavy atom. The van der Waals surface area contributed by atoms with E-state index < -0.39 is 14.6 Å². The maximum atomic E-state index is 11.9. The van der Waals surface area contributed by atoms with E-state index in [-0.39, 0.29) is 18.2 Å².